The normalized spacial score (nSPS) is 11.3. The first-order valence-corrected chi connectivity index (χ1v) is 14.4. The van der Waals surface area contributed by atoms with Crippen molar-refractivity contribution in [2.45, 2.75) is 11.8 Å². The summed E-state index contributed by atoms with van der Waals surface area (Å²) in [5.74, 6) is -2.95. The highest BCUT2D eigenvalue weighted by atomic mass is 16.3. The van der Waals surface area contributed by atoms with Crippen LogP contribution in [0.25, 0.3) is 11.1 Å². The molecule has 0 atom stereocenters. The van der Waals surface area contributed by atoms with Gasteiger partial charge in [-0.25, -0.2) is 0 Å². The largest absolute Gasteiger partial charge is 0.504 e. The molecule has 8 heteroatoms. The van der Waals surface area contributed by atoms with Crippen molar-refractivity contribution in [3.05, 3.63) is 155 Å². The molecule has 6 rings (SSSR count). The molecule has 0 unspecified atom stereocenters. The van der Waals surface area contributed by atoms with Gasteiger partial charge < -0.3 is 40.9 Å². The molecule has 0 aliphatic carbocycles. The van der Waals surface area contributed by atoms with Crippen LogP contribution in [0.15, 0.2) is 121 Å². The third-order valence-corrected chi connectivity index (χ3v) is 8.15. The minimum Gasteiger partial charge on any atom is -0.504 e. The molecule has 0 fully saturated rings. The second-order valence-corrected chi connectivity index (χ2v) is 11.1. The van der Waals surface area contributed by atoms with E-state index in [2.05, 4.69) is 0 Å². The molecule has 0 amide bonds. The van der Waals surface area contributed by atoms with Gasteiger partial charge in [0.15, 0.2) is 46.0 Å². The highest BCUT2D eigenvalue weighted by Crippen LogP contribution is 2.41. The molecule has 0 aromatic heterocycles. The molecule has 0 heterocycles. The van der Waals surface area contributed by atoms with Crippen molar-refractivity contribution in [3.63, 3.8) is 0 Å². The molecule has 8 nitrogen and oxygen atoms in total. The van der Waals surface area contributed by atoms with Crippen LogP contribution in [0, 0.1) is 0 Å². The van der Waals surface area contributed by atoms with Crippen LogP contribution in [0.1, 0.15) is 45.2 Å². The molecule has 6 aromatic carbocycles. The van der Waals surface area contributed by atoms with E-state index < -0.39 is 11.8 Å². The van der Waals surface area contributed by atoms with Crippen molar-refractivity contribution < 1.29 is 40.9 Å². The van der Waals surface area contributed by atoms with Crippen molar-refractivity contribution in [1.29, 1.82) is 0 Å². The van der Waals surface area contributed by atoms with Crippen LogP contribution in [-0.2, 0) is 0 Å². The lowest BCUT2D eigenvalue weighted by Crippen LogP contribution is -2.04. The van der Waals surface area contributed by atoms with Crippen LogP contribution in [0.5, 0.6) is 46.0 Å². The Labute approximate surface area is 264 Å². The summed E-state index contributed by atoms with van der Waals surface area (Å²) in [6.07, 6.45) is 0. The first kappa shape index (κ1) is 29.8. The van der Waals surface area contributed by atoms with Gasteiger partial charge in [0.25, 0.3) is 0 Å². The van der Waals surface area contributed by atoms with Gasteiger partial charge in [0.2, 0.25) is 0 Å². The maximum atomic E-state index is 10.2. The smallest absolute Gasteiger partial charge is 0.157 e. The molecule has 46 heavy (non-hydrogen) atoms. The molecule has 0 spiro atoms. The number of aromatic hydroxyl groups is 8. The van der Waals surface area contributed by atoms with Crippen molar-refractivity contribution in [2.75, 3.05) is 0 Å². The van der Waals surface area contributed by atoms with Gasteiger partial charge in [-0.15, -0.1) is 0 Å². The number of hydrogen-bond donors (Lipinski definition) is 8. The second-order valence-electron chi connectivity index (χ2n) is 11.1. The molecule has 0 saturated carbocycles. The first-order chi connectivity index (χ1) is 22.1. The standard InChI is InChI=1S/C38H30O8/c39-29-13-9-25(17-33(29)43)37(26-10-14-30(40)34(44)18-26)23-5-1-21(2-6-23)22-3-7-24(8-4-22)38(27-11-15-31(41)35(45)19-27)28-12-16-32(42)36(46)20-28/h1-20,37-46H. The van der Waals surface area contributed by atoms with Crippen LogP contribution >= 0.6 is 0 Å². The summed E-state index contributed by atoms with van der Waals surface area (Å²) in [5.41, 5.74) is 6.19. The number of benzene rings is 6. The van der Waals surface area contributed by atoms with Gasteiger partial charge in [-0.2, -0.15) is 0 Å². The fraction of sp³-hybridized carbons (Fsp3) is 0.0526. The lowest BCUT2D eigenvalue weighted by Gasteiger charge is -2.21. The fourth-order valence-electron chi connectivity index (χ4n) is 5.77. The molecule has 230 valence electrons. The van der Waals surface area contributed by atoms with E-state index in [-0.39, 0.29) is 46.0 Å². The summed E-state index contributed by atoms with van der Waals surface area (Å²) >= 11 is 0. The minimum atomic E-state index is -0.432. The maximum absolute atomic E-state index is 10.2. The lowest BCUT2D eigenvalue weighted by molar-refractivity contribution is 0.402. The molecule has 0 bridgehead atoms. The molecular formula is C38H30O8. The summed E-state index contributed by atoms with van der Waals surface area (Å²) < 4.78 is 0. The first-order valence-electron chi connectivity index (χ1n) is 14.4. The summed E-state index contributed by atoms with van der Waals surface area (Å²) in [6, 6.07) is 33.8. The Balaban J connectivity index is 1.35. The minimum absolute atomic E-state index is 0.249. The van der Waals surface area contributed by atoms with Crippen LogP contribution in [0.4, 0.5) is 0 Å². The van der Waals surface area contributed by atoms with Crippen molar-refractivity contribution >= 4 is 0 Å². The van der Waals surface area contributed by atoms with Gasteiger partial charge in [0.1, 0.15) is 0 Å². The molecule has 0 radical (unpaired) electrons. The summed E-state index contributed by atoms with van der Waals surface area (Å²) in [6.45, 7) is 0. The average Bonchev–Trinajstić information content (AvgIpc) is 3.05. The second kappa shape index (κ2) is 12.0. The van der Waals surface area contributed by atoms with Crippen LogP contribution in [0.3, 0.4) is 0 Å². The zero-order chi connectivity index (χ0) is 32.5. The van der Waals surface area contributed by atoms with E-state index in [1.54, 1.807) is 24.3 Å². The van der Waals surface area contributed by atoms with E-state index >= 15 is 0 Å². The SMILES string of the molecule is Oc1ccc(C(c2ccc(-c3ccc(C(c4ccc(O)c(O)c4)c4ccc(O)c(O)c4)cc3)cc2)c2ccc(O)c(O)c2)cc1O. The zero-order valence-corrected chi connectivity index (χ0v) is 24.3. The van der Waals surface area contributed by atoms with Crippen molar-refractivity contribution in [1.82, 2.24) is 0 Å². The number of phenols is 8. The van der Waals surface area contributed by atoms with E-state index in [4.69, 9.17) is 0 Å². The molecule has 6 aromatic rings. The Bertz CT molecular complexity index is 1780. The number of hydrogen-bond acceptors (Lipinski definition) is 8. The van der Waals surface area contributed by atoms with E-state index in [9.17, 15) is 40.9 Å². The van der Waals surface area contributed by atoms with Gasteiger partial charge in [-0.05, 0) is 93.0 Å². The van der Waals surface area contributed by atoms with Crippen LogP contribution < -0.4 is 0 Å². The van der Waals surface area contributed by atoms with Gasteiger partial charge in [-0.1, -0.05) is 72.8 Å². The van der Waals surface area contributed by atoms with Crippen molar-refractivity contribution in [2.24, 2.45) is 0 Å². The third kappa shape index (κ3) is 5.79. The Morgan fingerprint density at radius 1 is 0.239 bits per heavy atom. The third-order valence-electron chi connectivity index (χ3n) is 8.15. The van der Waals surface area contributed by atoms with Gasteiger partial charge >= 0.3 is 0 Å². The van der Waals surface area contributed by atoms with Gasteiger partial charge in [-0.3, -0.25) is 0 Å². The fourth-order valence-corrected chi connectivity index (χ4v) is 5.77. The molecule has 0 aliphatic heterocycles. The monoisotopic (exact) mass is 614 g/mol. The number of phenolic OH excluding ortho intramolecular Hbond substituents is 8. The summed E-state index contributed by atoms with van der Waals surface area (Å²) in [5, 5.41) is 80.3. The Morgan fingerprint density at radius 3 is 0.674 bits per heavy atom. The number of rotatable bonds is 7. The Hall–Kier alpha value is -6.28. The van der Waals surface area contributed by atoms with Gasteiger partial charge in [0.05, 0.1) is 0 Å². The van der Waals surface area contributed by atoms with E-state index in [1.807, 2.05) is 48.5 Å². The molecule has 8 N–H and O–H groups in total. The quantitative estimate of drug-likeness (QED) is 0.0683. The Kier molecular flexibility index (Phi) is 7.78. The van der Waals surface area contributed by atoms with Crippen LogP contribution in [-0.4, -0.2) is 40.9 Å². The van der Waals surface area contributed by atoms with Crippen LogP contribution in [0.2, 0.25) is 0 Å². The predicted molar refractivity (Wildman–Crippen MR) is 173 cm³/mol. The zero-order valence-electron chi connectivity index (χ0n) is 24.3. The Morgan fingerprint density at radius 2 is 0.457 bits per heavy atom. The maximum Gasteiger partial charge on any atom is 0.157 e. The summed E-state index contributed by atoms with van der Waals surface area (Å²) in [7, 11) is 0. The molecular weight excluding hydrogens is 584 g/mol. The van der Waals surface area contributed by atoms with E-state index in [0.717, 1.165) is 22.3 Å². The van der Waals surface area contributed by atoms with Crippen molar-refractivity contribution in [3.8, 4) is 57.1 Å². The van der Waals surface area contributed by atoms with E-state index in [0.29, 0.717) is 22.3 Å². The van der Waals surface area contributed by atoms with E-state index in [1.165, 1.54) is 48.5 Å². The van der Waals surface area contributed by atoms with Gasteiger partial charge in [0, 0.05) is 11.8 Å². The highest BCUT2D eigenvalue weighted by Gasteiger charge is 2.22. The summed E-state index contributed by atoms with van der Waals surface area (Å²) in [4.78, 5) is 0. The molecule has 0 saturated heterocycles. The average molecular weight is 615 g/mol. The lowest BCUT2D eigenvalue weighted by atomic mass is 9.83. The molecule has 0 aliphatic rings. The topological polar surface area (TPSA) is 162 Å². The highest BCUT2D eigenvalue weighted by molar-refractivity contribution is 5.66. The predicted octanol–water partition coefficient (Wildman–Crippen LogP) is 7.36.